The van der Waals surface area contributed by atoms with Gasteiger partial charge in [-0.05, 0) is 32.9 Å². The van der Waals surface area contributed by atoms with E-state index in [2.05, 4.69) is 20.9 Å². The molecule has 0 aromatic carbocycles. The van der Waals surface area contributed by atoms with Crippen LogP contribution in [0, 0.1) is 6.92 Å². The fraction of sp³-hybridized carbons (Fsp3) is 0.500. The topological polar surface area (TPSA) is 22.1 Å². The van der Waals surface area contributed by atoms with Crippen molar-refractivity contribution in [3.63, 3.8) is 0 Å². The van der Waals surface area contributed by atoms with Crippen LogP contribution in [0.3, 0.4) is 0 Å². The van der Waals surface area contributed by atoms with Crippen molar-refractivity contribution in [2.45, 2.75) is 32.2 Å². The predicted molar refractivity (Wildman–Crippen MR) is 57.4 cm³/mol. The summed E-state index contributed by atoms with van der Waals surface area (Å²) in [4.78, 5) is 4.37. The molecule has 0 radical (unpaired) electrons. The number of halogens is 1. The van der Waals surface area contributed by atoms with Gasteiger partial charge in [0.05, 0.1) is 11.8 Å². The molecule has 0 spiro atoms. The van der Waals surface area contributed by atoms with Crippen LogP contribution in [0.2, 0.25) is 0 Å². The summed E-state index contributed by atoms with van der Waals surface area (Å²) in [5.41, 5.74) is 1.99. The lowest BCUT2D eigenvalue weighted by Gasteiger charge is -2.12. The molecule has 0 unspecified atom stereocenters. The Hall–Kier alpha value is -0.570. The summed E-state index contributed by atoms with van der Waals surface area (Å²) >= 11 is 3.39. The minimum absolute atomic E-state index is 0.197. The molecule has 0 saturated heterocycles. The average molecular weight is 244 g/mol. The molecule has 3 heteroatoms. The summed E-state index contributed by atoms with van der Waals surface area (Å²) in [6, 6.07) is 3.93. The molecular formula is C10H14BrNO. The fourth-order valence-electron chi connectivity index (χ4n) is 1.05. The second-order valence-electron chi connectivity index (χ2n) is 3.20. The summed E-state index contributed by atoms with van der Waals surface area (Å²) in [7, 11) is 0. The number of nitrogens with zero attached hydrogens (tertiary/aromatic N) is 1. The number of hydrogen-bond acceptors (Lipinski definition) is 2. The smallest absolute Gasteiger partial charge is 0.142 e. The van der Waals surface area contributed by atoms with Crippen molar-refractivity contribution < 1.29 is 4.74 Å². The quantitative estimate of drug-likeness (QED) is 0.762. The van der Waals surface area contributed by atoms with Crippen molar-refractivity contribution in [3.05, 3.63) is 23.5 Å². The van der Waals surface area contributed by atoms with Crippen LogP contribution in [-0.4, -0.2) is 11.1 Å². The van der Waals surface area contributed by atoms with Crippen LogP contribution in [-0.2, 0) is 5.33 Å². The molecule has 0 N–H and O–H groups in total. The molecule has 13 heavy (non-hydrogen) atoms. The second kappa shape index (κ2) is 4.61. The fourth-order valence-corrected chi connectivity index (χ4v) is 1.46. The summed E-state index contributed by atoms with van der Waals surface area (Å²) in [6.45, 7) is 6.00. The third-order valence-corrected chi connectivity index (χ3v) is 2.09. The van der Waals surface area contributed by atoms with Crippen LogP contribution < -0.4 is 4.74 Å². The Balaban J connectivity index is 2.92. The SMILES string of the molecule is Cc1ccc(OC(C)C)c(CBr)n1. The number of hydrogen-bond donors (Lipinski definition) is 0. The maximum atomic E-state index is 5.60. The molecule has 0 fully saturated rings. The zero-order valence-electron chi connectivity index (χ0n) is 8.17. The van der Waals surface area contributed by atoms with Crippen molar-refractivity contribution in [2.75, 3.05) is 0 Å². The molecule has 0 aliphatic heterocycles. The summed E-state index contributed by atoms with van der Waals surface area (Å²) in [5, 5.41) is 0.733. The third-order valence-electron chi connectivity index (χ3n) is 1.56. The molecule has 0 bridgehead atoms. The molecule has 1 aromatic rings. The van der Waals surface area contributed by atoms with E-state index in [0.717, 1.165) is 22.5 Å². The molecule has 1 rings (SSSR count). The number of aryl methyl sites for hydroxylation is 1. The van der Waals surface area contributed by atoms with Gasteiger partial charge in [-0.3, -0.25) is 4.98 Å². The van der Waals surface area contributed by atoms with Crippen LogP contribution in [0.4, 0.5) is 0 Å². The van der Waals surface area contributed by atoms with Gasteiger partial charge in [-0.1, -0.05) is 15.9 Å². The maximum absolute atomic E-state index is 5.60. The Morgan fingerprint density at radius 1 is 1.46 bits per heavy atom. The first-order chi connectivity index (χ1) is 6.13. The molecular weight excluding hydrogens is 230 g/mol. The number of alkyl halides is 1. The highest BCUT2D eigenvalue weighted by Crippen LogP contribution is 2.20. The van der Waals surface area contributed by atoms with E-state index in [-0.39, 0.29) is 6.10 Å². The van der Waals surface area contributed by atoms with Gasteiger partial charge in [0.2, 0.25) is 0 Å². The van der Waals surface area contributed by atoms with Crippen molar-refractivity contribution in [1.29, 1.82) is 0 Å². The van der Waals surface area contributed by atoms with E-state index in [0.29, 0.717) is 0 Å². The number of aromatic nitrogens is 1. The predicted octanol–water partition coefficient (Wildman–Crippen LogP) is 3.07. The van der Waals surface area contributed by atoms with Gasteiger partial charge in [0.15, 0.2) is 0 Å². The Morgan fingerprint density at radius 2 is 2.15 bits per heavy atom. The molecule has 1 heterocycles. The Morgan fingerprint density at radius 3 is 2.69 bits per heavy atom. The van der Waals surface area contributed by atoms with E-state index in [1.165, 1.54) is 0 Å². The molecule has 0 atom stereocenters. The van der Waals surface area contributed by atoms with Crippen molar-refractivity contribution in [1.82, 2.24) is 4.98 Å². The van der Waals surface area contributed by atoms with Crippen LogP contribution in [0.25, 0.3) is 0 Å². The van der Waals surface area contributed by atoms with Crippen molar-refractivity contribution in [2.24, 2.45) is 0 Å². The monoisotopic (exact) mass is 243 g/mol. The van der Waals surface area contributed by atoms with Crippen LogP contribution in [0.1, 0.15) is 25.2 Å². The minimum atomic E-state index is 0.197. The Bertz CT molecular complexity index is 286. The number of rotatable bonds is 3. The highest BCUT2D eigenvalue weighted by atomic mass is 79.9. The van der Waals surface area contributed by atoms with E-state index in [1.807, 2.05) is 32.9 Å². The highest BCUT2D eigenvalue weighted by Gasteiger charge is 2.05. The van der Waals surface area contributed by atoms with Gasteiger partial charge in [-0.25, -0.2) is 0 Å². The highest BCUT2D eigenvalue weighted by molar-refractivity contribution is 9.08. The van der Waals surface area contributed by atoms with Crippen LogP contribution in [0.5, 0.6) is 5.75 Å². The van der Waals surface area contributed by atoms with Gasteiger partial charge < -0.3 is 4.74 Å². The molecule has 0 saturated carbocycles. The summed E-state index contributed by atoms with van der Waals surface area (Å²) in [5.74, 6) is 0.873. The van der Waals surface area contributed by atoms with E-state index in [1.54, 1.807) is 0 Å². The van der Waals surface area contributed by atoms with Gasteiger partial charge in [-0.2, -0.15) is 0 Å². The first-order valence-electron chi connectivity index (χ1n) is 4.32. The maximum Gasteiger partial charge on any atom is 0.142 e. The van der Waals surface area contributed by atoms with Crippen LogP contribution >= 0.6 is 15.9 Å². The summed E-state index contributed by atoms with van der Waals surface area (Å²) < 4.78 is 5.60. The van der Waals surface area contributed by atoms with Gasteiger partial charge in [0.1, 0.15) is 5.75 Å². The van der Waals surface area contributed by atoms with E-state index in [4.69, 9.17) is 4.74 Å². The van der Waals surface area contributed by atoms with Gasteiger partial charge in [-0.15, -0.1) is 0 Å². The zero-order valence-corrected chi connectivity index (χ0v) is 9.76. The van der Waals surface area contributed by atoms with Crippen LogP contribution in [0.15, 0.2) is 12.1 Å². The van der Waals surface area contributed by atoms with Crippen molar-refractivity contribution in [3.8, 4) is 5.75 Å². The Kier molecular flexibility index (Phi) is 3.72. The molecule has 0 aliphatic rings. The zero-order chi connectivity index (χ0) is 9.84. The van der Waals surface area contributed by atoms with E-state index < -0.39 is 0 Å². The molecule has 1 aromatic heterocycles. The third kappa shape index (κ3) is 2.99. The Labute approximate surface area is 87.5 Å². The standard InChI is InChI=1S/C10H14BrNO/c1-7(2)13-10-5-4-8(3)12-9(10)6-11/h4-5,7H,6H2,1-3H3. The summed E-state index contributed by atoms with van der Waals surface area (Å²) in [6.07, 6.45) is 0.197. The minimum Gasteiger partial charge on any atom is -0.489 e. The van der Waals surface area contributed by atoms with Gasteiger partial charge in [0, 0.05) is 11.0 Å². The largest absolute Gasteiger partial charge is 0.489 e. The normalized spacial score (nSPS) is 10.5. The first-order valence-corrected chi connectivity index (χ1v) is 5.44. The number of pyridine rings is 1. The van der Waals surface area contributed by atoms with E-state index >= 15 is 0 Å². The van der Waals surface area contributed by atoms with Gasteiger partial charge >= 0.3 is 0 Å². The molecule has 2 nitrogen and oxygen atoms in total. The lowest BCUT2D eigenvalue weighted by atomic mass is 10.3. The number of ether oxygens (including phenoxy) is 1. The van der Waals surface area contributed by atoms with Gasteiger partial charge in [0.25, 0.3) is 0 Å². The lowest BCUT2D eigenvalue weighted by molar-refractivity contribution is 0.239. The molecule has 0 aliphatic carbocycles. The van der Waals surface area contributed by atoms with E-state index in [9.17, 15) is 0 Å². The first kappa shape index (κ1) is 10.5. The molecule has 72 valence electrons. The molecule has 0 amide bonds. The van der Waals surface area contributed by atoms with Crippen molar-refractivity contribution >= 4 is 15.9 Å². The second-order valence-corrected chi connectivity index (χ2v) is 3.76. The average Bonchev–Trinajstić information content (AvgIpc) is 2.07. The lowest BCUT2D eigenvalue weighted by Crippen LogP contribution is -2.08.